The van der Waals surface area contributed by atoms with E-state index in [-0.39, 0.29) is 11.9 Å². The minimum Gasteiger partial charge on any atom is -0.398 e. The maximum Gasteiger partial charge on any atom is 0.253 e. The molecule has 0 saturated heterocycles. The SMILES string of the molecule is Cc1ccc(CC(C)NC(=O)c2cccc(C)c2N)s1. The third-order valence-corrected chi connectivity index (χ3v) is 4.27. The molecular formula is C16H20N2OS. The van der Waals surface area contributed by atoms with Gasteiger partial charge in [0.05, 0.1) is 5.56 Å². The lowest BCUT2D eigenvalue weighted by molar-refractivity contribution is 0.0941. The summed E-state index contributed by atoms with van der Waals surface area (Å²) in [5, 5.41) is 3.01. The summed E-state index contributed by atoms with van der Waals surface area (Å²) < 4.78 is 0. The Morgan fingerprint density at radius 2 is 2.05 bits per heavy atom. The monoisotopic (exact) mass is 288 g/mol. The fourth-order valence-electron chi connectivity index (χ4n) is 2.13. The standard InChI is InChI=1S/C16H20N2OS/c1-10-5-4-6-14(15(10)17)16(19)18-11(2)9-13-8-7-12(3)20-13/h4-8,11H,9,17H2,1-3H3,(H,18,19). The van der Waals surface area contributed by atoms with E-state index in [4.69, 9.17) is 5.73 Å². The predicted octanol–water partition coefficient (Wildman–Crippen LogP) is 3.31. The van der Waals surface area contributed by atoms with Crippen molar-refractivity contribution in [1.82, 2.24) is 5.32 Å². The molecule has 1 atom stereocenters. The Morgan fingerprint density at radius 1 is 1.30 bits per heavy atom. The lowest BCUT2D eigenvalue weighted by Gasteiger charge is -2.14. The van der Waals surface area contributed by atoms with Crippen molar-refractivity contribution < 1.29 is 4.79 Å². The molecule has 2 rings (SSSR count). The molecular weight excluding hydrogens is 268 g/mol. The Morgan fingerprint density at radius 3 is 2.70 bits per heavy atom. The number of amides is 1. The molecule has 1 aromatic carbocycles. The summed E-state index contributed by atoms with van der Waals surface area (Å²) in [6, 6.07) is 9.83. The van der Waals surface area contributed by atoms with Gasteiger partial charge in [0.15, 0.2) is 0 Å². The molecule has 106 valence electrons. The number of hydrogen-bond donors (Lipinski definition) is 2. The second-order valence-corrected chi connectivity index (χ2v) is 6.50. The van der Waals surface area contributed by atoms with Gasteiger partial charge in [0.1, 0.15) is 0 Å². The van der Waals surface area contributed by atoms with Gasteiger partial charge in [0, 0.05) is 27.9 Å². The number of anilines is 1. The van der Waals surface area contributed by atoms with E-state index in [1.54, 1.807) is 17.4 Å². The largest absolute Gasteiger partial charge is 0.398 e. The Labute approximate surface area is 123 Å². The summed E-state index contributed by atoms with van der Waals surface area (Å²) in [7, 11) is 0. The van der Waals surface area contributed by atoms with Gasteiger partial charge in [0.2, 0.25) is 0 Å². The van der Waals surface area contributed by atoms with Crippen molar-refractivity contribution in [2.45, 2.75) is 33.2 Å². The van der Waals surface area contributed by atoms with E-state index in [2.05, 4.69) is 24.4 Å². The van der Waals surface area contributed by atoms with Crippen molar-refractivity contribution in [2.75, 3.05) is 5.73 Å². The normalized spacial score (nSPS) is 12.2. The van der Waals surface area contributed by atoms with Crippen LogP contribution in [0, 0.1) is 13.8 Å². The summed E-state index contributed by atoms with van der Waals surface area (Å²) >= 11 is 1.77. The number of thiophene rings is 1. The molecule has 0 saturated carbocycles. The molecule has 2 aromatic rings. The summed E-state index contributed by atoms with van der Waals surface area (Å²) in [6.07, 6.45) is 0.843. The second-order valence-electron chi connectivity index (χ2n) is 5.13. The zero-order valence-electron chi connectivity index (χ0n) is 12.1. The highest BCUT2D eigenvalue weighted by atomic mass is 32.1. The molecule has 0 spiro atoms. The molecule has 0 fully saturated rings. The van der Waals surface area contributed by atoms with Gasteiger partial charge in [-0.25, -0.2) is 0 Å². The maximum atomic E-state index is 12.2. The van der Waals surface area contributed by atoms with E-state index >= 15 is 0 Å². The summed E-state index contributed by atoms with van der Waals surface area (Å²) in [5.41, 5.74) is 8.00. The molecule has 0 bridgehead atoms. The first kappa shape index (κ1) is 14.6. The lowest BCUT2D eigenvalue weighted by atomic mass is 10.1. The number of hydrogen-bond acceptors (Lipinski definition) is 3. The van der Waals surface area contributed by atoms with Crippen LogP contribution in [-0.4, -0.2) is 11.9 Å². The van der Waals surface area contributed by atoms with Crippen LogP contribution in [0.1, 0.15) is 32.6 Å². The van der Waals surface area contributed by atoms with Crippen molar-refractivity contribution in [3.63, 3.8) is 0 Å². The van der Waals surface area contributed by atoms with Crippen LogP contribution in [0.25, 0.3) is 0 Å². The minimum atomic E-state index is -0.105. The molecule has 4 heteroatoms. The third kappa shape index (κ3) is 3.39. The van der Waals surface area contributed by atoms with E-state index in [1.807, 2.05) is 26.0 Å². The summed E-state index contributed by atoms with van der Waals surface area (Å²) in [5.74, 6) is -0.105. The molecule has 3 N–H and O–H groups in total. The molecule has 20 heavy (non-hydrogen) atoms. The van der Waals surface area contributed by atoms with E-state index in [1.165, 1.54) is 9.75 Å². The van der Waals surface area contributed by atoms with Gasteiger partial charge in [0.25, 0.3) is 5.91 Å². The Balaban J connectivity index is 2.02. The van der Waals surface area contributed by atoms with Crippen LogP contribution in [0.2, 0.25) is 0 Å². The molecule has 0 aliphatic carbocycles. The van der Waals surface area contributed by atoms with Crippen molar-refractivity contribution >= 4 is 22.9 Å². The highest BCUT2D eigenvalue weighted by Gasteiger charge is 2.14. The van der Waals surface area contributed by atoms with Gasteiger partial charge in [-0.3, -0.25) is 4.79 Å². The zero-order chi connectivity index (χ0) is 14.7. The first-order valence-electron chi connectivity index (χ1n) is 6.68. The maximum absolute atomic E-state index is 12.2. The number of carbonyl (C=O) groups excluding carboxylic acids is 1. The molecule has 1 aromatic heterocycles. The molecule has 3 nitrogen and oxygen atoms in total. The molecule has 0 aliphatic heterocycles. The van der Waals surface area contributed by atoms with Gasteiger partial charge < -0.3 is 11.1 Å². The van der Waals surface area contributed by atoms with Crippen LogP contribution >= 0.6 is 11.3 Å². The van der Waals surface area contributed by atoms with Crippen LogP contribution in [-0.2, 0) is 6.42 Å². The Kier molecular flexibility index (Phi) is 4.45. The highest BCUT2D eigenvalue weighted by Crippen LogP contribution is 2.18. The number of nitrogens with one attached hydrogen (secondary N) is 1. The van der Waals surface area contributed by atoms with E-state index < -0.39 is 0 Å². The summed E-state index contributed by atoms with van der Waals surface area (Å²) in [6.45, 7) is 6.01. The second kappa shape index (κ2) is 6.09. The Bertz CT molecular complexity index is 619. The van der Waals surface area contributed by atoms with Crippen LogP contribution in [0.4, 0.5) is 5.69 Å². The average Bonchev–Trinajstić information content (AvgIpc) is 2.77. The number of rotatable bonds is 4. The van der Waals surface area contributed by atoms with Crippen molar-refractivity contribution in [2.24, 2.45) is 0 Å². The number of carbonyl (C=O) groups is 1. The molecule has 1 heterocycles. The van der Waals surface area contributed by atoms with Crippen LogP contribution in [0.5, 0.6) is 0 Å². The van der Waals surface area contributed by atoms with Crippen LogP contribution in [0.15, 0.2) is 30.3 Å². The number of benzene rings is 1. The van der Waals surface area contributed by atoms with Crippen molar-refractivity contribution in [1.29, 1.82) is 0 Å². The number of para-hydroxylation sites is 1. The first-order valence-corrected chi connectivity index (χ1v) is 7.50. The van der Waals surface area contributed by atoms with Gasteiger partial charge in [-0.1, -0.05) is 12.1 Å². The Hall–Kier alpha value is -1.81. The highest BCUT2D eigenvalue weighted by molar-refractivity contribution is 7.11. The molecule has 1 unspecified atom stereocenters. The van der Waals surface area contributed by atoms with Crippen LogP contribution < -0.4 is 11.1 Å². The average molecular weight is 288 g/mol. The molecule has 0 aliphatic rings. The summed E-state index contributed by atoms with van der Waals surface area (Å²) in [4.78, 5) is 14.8. The van der Waals surface area contributed by atoms with Gasteiger partial charge >= 0.3 is 0 Å². The topological polar surface area (TPSA) is 55.1 Å². The minimum absolute atomic E-state index is 0.0838. The predicted molar refractivity (Wildman–Crippen MR) is 85.3 cm³/mol. The van der Waals surface area contributed by atoms with Gasteiger partial charge in [-0.15, -0.1) is 11.3 Å². The molecule has 0 radical (unpaired) electrons. The van der Waals surface area contributed by atoms with E-state index in [0.717, 1.165) is 12.0 Å². The first-order chi connectivity index (χ1) is 9.47. The van der Waals surface area contributed by atoms with Gasteiger partial charge in [-0.2, -0.15) is 0 Å². The van der Waals surface area contributed by atoms with E-state index in [0.29, 0.717) is 11.3 Å². The lowest BCUT2D eigenvalue weighted by Crippen LogP contribution is -2.34. The van der Waals surface area contributed by atoms with Gasteiger partial charge in [-0.05, 0) is 44.5 Å². The van der Waals surface area contributed by atoms with Crippen molar-refractivity contribution in [3.8, 4) is 0 Å². The quantitative estimate of drug-likeness (QED) is 0.848. The number of nitrogen functional groups attached to an aromatic ring is 1. The molecule has 1 amide bonds. The fraction of sp³-hybridized carbons (Fsp3) is 0.312. The third-order valence-electron chi connectivity index (χ3n) is 3.25. The zero-order valence-corrected chi connectivity index (χ0v) is 12.9. The number of aryl methyl sites for hydroxylation is 2. The smallest absolute Gasteiger partial charge is 0.253 e. The number of nitrogens with two attached hydrogens (primary N) is 1. The van der Waals surface area contributed by atoms with Crippen LogP contribution in [0.3, 0.4) is 0 Å². The van der Waals surface area contributed by atoms with E-state index in [9.17, 15) is 4.79 Å². The fourth-order valence-corrected chi connectivity index (χ4v) is 3.15. The van der Waals surface area contributed by atoms with Crippen molar-refractivity contribution in [3.05, 3.63) is 51.2 Å².